The summed E-state index contributed by atoms with van der Waals surface area (Å²) in [6, 6.07) is 7.66. The highest BCUT2D eigenvalue weighted by Crippen LogP contribution is 2.29. The van der Waals surface area contributed by atoms with Crippen molar-refractivity contribution in [2.24, 2.45) is 10.9 Å². The Balaban J connectivity index is 1.70. The Labute approximate surface area is 134 Å². The minimum absolute atomic E-state index is 0.0533. The summed E-state index contributed by atoms with van der Waals surface area (Å²) < 4.78 is 29.2. The fraction of sp³-hybridized carbons (Fsp3) is 0.429. The number of nitrogens with two attached hydrogens (primary N) is 2. The lowest BCUT2D eigenvalue weighted by molar-refractivity contribution is 0.271. The zero-order valence-corrected chi connectivity index (χ0v) is 13.4. The van der Waals surface area contributed by atoms with Crippen molar-refractivity contribution < 1.29 is 12.9 Å². The van der Waals surface area contributed by atoms with Gasteiger partial charge in [0.25, 0.3) is 10.2 Å². The number of piperidine rings is 1. The van der Waals surface area contributed by atoms with E-state index in [0.29, 0.717) is 44.2 Å². The Morgan fingerprint density at radius 2 is 1.87 bits per heavy atom. The molecule has 3 rings (SSSR count). The topological polar surface area (TPSA) is 128 Å². The summed E-state index contributed by atoms with van der Waals surface area (Å²) in [7, 11) is -3.62. The van der Waals surface area contributed by atoms with Crippen molar-refractivity contribution in [3.63, 3.8) is 0 Å². The second-order valence-electron chi connectivity index (χ2n) is 5.58. The minimum Gasteiger partial charge on any atom is -0.339 e. The largest absolute Gasteiger partial charge is 0.339 e. The third-order valence-corrected chi connectivity index (χ3v) is 5.14. The van der Waals surface area contributed by atoms with Crippen LogP contribution in [0.5, 0.6) is 0 Å². The highest BCUT2D eigenvalue weighted by molar-refractivity contribution is 7.86. The summed E-state index contributed by atoms with van der Waals surface area (Å²) in [5, 5.41) is 9.15. The van der Waals surface area contributed by atoms with Crippen molar-refractivity contribution in [1.29, 1.82) is 0 Å². The van der Waals surface area contributed by atoms with Gasteiger partial charge in [-0.3, -0.25) is 0 Å². The first-order chi connectivity index (χ1) is 11.0. The summed E-state index contributed by atoms with van der Waals surface area (Å²) in [6.07, 6.45) is 1.23. The molecule has 124 valence electrons. The molecule has 1 aliphatic heterocycles. The molecule has 0 amide bonds. The lowest BCUT2D eigenvalue weighted by Gasteiger charge is -2.27. The molecule has 2 heterocycles. The molecule has 1 saturated heterocycles. The Bertz CT molecular complexity index is 764. The van der Waals surface area contributed by atoms with E-state index in [2.05, 4.69) is 10.1 Å². The number of hydrogen-bond acceptors (Lipinski definition) is 6. The van der Waals surface area contributed by atoms with E-state index in [1.807, 2.05) is 24.3 Å². The van der Waals surface area contributed by atoms with Crippen molar-refractivity contribution in [3.8, 4) is 11.4 Å². The van der Waals surface area contributed by atoms with Crippen molar-refractivity contribution in [3.05, 3.63) is 35.7 Å². The van der Waals surface area contributed by atoms with Crippen molar-refractivity contribution >= 4 is 10.2 Å². The maximum absolute atomic E-state index is 11.3. The first-order valence-electron chi connectivity index (χ1n) is 7.38. The fourth-order valence-corrected chi connectivity index (χ4v) is 3.39. The van der Waals surface area contributed by atoms with Crippen LogP contribution in [0.3, 0.4) is 0 Å². The molecule has 2 aromatic rings. The molecule has 1 aliphatic rings. The van der Waals surface area contributed by atoms with E-state index in [4.69, 9.17) is 15.4 Å². The Morgan fingerprint density at radius 1 is 1.22 bits per heavy atom. The van der Waals surface area contributed by atoms with Gasteiger partial charge in [-0.2, -0.15) is 17.7 Å². The lowest BCUT2D eigenvalue weighted by Crippen LogP contribution is -2.41. The molecule has 0 bridgehead atoms. The number of hydrogen-bond donors (Lipinski definition) is 2. The third-order valence-electron chi connectivity index (χ3n) is 4.05. The van der Waals surface area contributed by atoms with Crippen LogP contribution in [0.15, 0.2) is 28.8 Å². The molecular formula is C14H19N5O3S. The summed E-state index contributed by atoms with van der Waals surface area (Å²) in [4.78, 5) is 4.44. The molecule has 23 heavy (non-hydrogen) atoms. The molecule has 4 N–H and O–H groups in total. The molecule has 0 aliphatic carbocycles. The number of benzene rings is 1. The number of rotatable bonds is 4. The van der Waals surface area contributed by atoms with Crippen molar-refractivity contribution in [2.75, 3.05) is 13.1 Å². The van der Waals surface area contributed by atoms with Gasteiger partial charge in [0.1, 0.15) is 0 Å². The normalized spacial score (nSPS) is 17.5. The third kappa shape index (κ3) is 3.58. The van der Waals surface area contributed by atoms with Gasteiger partial charge in [-0.1, -0.05) is 29.4 Å². The smallest absolute Gasteiger partial charge is 0.276 e. The summed E-state index contributed by atoms with van der Waals surface area (Å²) in [5.41, 5.74) is 7.47. The zero-order valence-electron chi connectivity index (χ0n) is 12.6. The quantitative estimate of drug-likeness (QED) is 0.839. The Kier molecular flexibility index (Phi) is 4.44. The van der Waals surface area contributed by atoms with E-state index in [1.165, 1.54) is 4.31 Å². The standard InChI is InChI=1S/C14H19N5O3S/c15-9-10-1-3-11(4-2-10)13-17-14(22-18-13)12-5-7-19(8-6-12)23(16,20)21/h1-4,12H,5-9,15H2,(H2,16,20,21). The molecule has 8 nitrogen and oxygen atoms in total. The van der Waals surface area contributed by atoms with E-state index < -0.39 is 10.2 Å². The van der Waals surface area contributed by atoms with Crippen molar-refractivity contribution in [1.82, 2.24) is 14.4 Å². The van der Waals surface area contributed by atoms with Crippen LogP contribution in [-0.2, 0) is 16.8 Å². The molecule has 1 fully saturated rings. The monoisotopic (exact) mass is 337 g/mol. The van der Waals surface area contributed by atoms with Crippen LogP contribution in [0.25, 0.3) is 11.4 Å². The van der Waals surface area contributed by atoms with Crippen LogP contribution >= 0.6 is 0 Å². The molecule has 1 aromatic carbocycles. The Morgan fingerprint density at radius 3 is 2.43 bits per heavy atom. The Hall–Kier alpha value is -1.81. The summed E-state index contributed by atoms with van der Waals surface area (Å²) in [5.74, 6) is 1.12. The van der Waals surface area contributed by atoms with Gasteiger partial charge < -0.3 is 10.3 Å². The van der Waals surface area contributed by atoms with E-state index in [0.717, 1.165) is 11.1 Å². The highest BCUT2D eigenvalue weighted by Gasteiger charge is 2.29. The van der Waals surface area contributed by atoms with Crippen LogP contribution in [0.4, 0.5) is 0 Å². The first kappa shape index (κ1) is 16.1. The molecule has 0 saturated carbocycles. The average Bonchev–Trinajstić information content (AvgIpc) is 3.04. The first-order valence-corrected chi connectivity index (χ1v) is 8.88. The average molecular weight is 337 g/mol. The molecule has 0 unspecified atom stereocenters. The zero-order chi connectivity index (χ0) is 16.4. The molecule has 9 heteroatoms. The van der Waals surface area contributed by atoms with Gasteiger partial charge in [0.05, 0.1) is 0 Å². The van der Waals surface area contributed by atoms with Gasteiger partial charge in [-0.05, 0) is 18.4 Å². The van der Waals surface area contributed by atoms with Crippen LogP contribution in [0.2, 0.25) is 0 Å². The SMILES string of the molecule is NCc1ccc(-c2noc(C3CCN(S(N)(=O)=O)CC3)n2)cc1. The number of nitrogens with zero attached hydrogens (tertiary/aromatic N) is 3. The predicted molar refractivity (Wildman–Crippen MR) is 84.3 cm³/mol. The van der Waals surface area contributed by atoms with Crippen LogP contribution in [-0.4, -0.2) is 36.0 Å². The molecule has 0 radical (unpaired) electrons. The van der Waals surface area contributed by atoms with E-state index >= 15 is 0 Å². The second-order valence-corrected chi connectivity index (χ2v) is 7.12. The van der Waals surface area contributed by atoms with Crippen LogP contribution in [0, 0.1) is 0 Å². The van der Waals surface area contributed by atoms with Gasteiger partial charge in [-0.25, -0.2) is 5.14 Å². The lowest BCUT2D eigenvalue weighted by atomic mass is 9.98. The number of aromatic nitrogens is 2. The predicted octanol–water partition coefficient (Wildman–Crippen LogP) is 0.578. The minimum atomic E-state index is -3.62. The van der Waals surface area contributed by atoms with E-state index in [9.17, 15) is 8.42 Å². The van der Waals surface area contributed by atoms with Gasteiger partial charge >= 0.3 is 0 Å². The van der Waals surface area contributed by atoms with Crippen LogP contribution in [0.1, 0.15) is 30.2 Å². The fourth-order valence-electron chi connectivity index (χ4n) is 2.67. The molecular weight excluding hydrogens is 318 g/mol. The van der Waals surface area contributed by atoms with Crippen molar-refractivity contribution in [2.45, 2.75) is 25.3 Å². The second kappa shape index (κ2) is 6.36. The summed E-state index contributed by atoms with van der Waals surface area (Å²) >= 11 is 0. The molecule has 1 aromatic heterocycles. The maximum Gasteiger partial charge on any atom is 0.276 e. The summed E-state index contributed by atoms with van der Waals surface area (Å²) in [6.45, 7) is 1.22. The highest BCUT2D eigenvalue weighted by atomic mass is 32.2. The van der Waals surface area contributed by atoms with E-state index in [1.54, 1.807) is 0 Å². The molecule has 0 spiro atoms. The maximum atomic E-state index is 11.3. The van der Waals surface area contributed by atoms with Gasteiger partial charge in [0.2, 0.25) is 11.7 Å². The van der Waals surface area contributed by atoms with Gasteiger partial charge in [0.15, 0.2) is 0 Å². The van der Waals surface area contributed by atoms with Gasteiger partial charge in [-0.15, -0.1) is 0 Å². The van der Waals surface area contributed by atoms with Gasteiger partial charge in [0, 0.05) is 31.1 Å². The molecule has 0 atom stereocenters. The van der Waals surface area contributed by atoms with Crippen LogP contribution < -0.4 is 10.9 Å². The van der Waals surface area contributed by atoms with E-state index in [-0.39, 0.29) is 5.92 Å².